The van der Waals surface area contributed by atoms with Crippen LogP contribution >= 0.6 is 0 Å². The first kappa shape index (κ1) is 16.0. The van der Waals surface area contributed by atoms with Gasteiger partial charge in [0.2, 0.25) is 0 Å². The molecule has 0 saturated carbocycles. The van der Waals surface area contributed by atoms with E-state index in [2.05, 4.69) is 39.1 Å². The fourth-order valence-electron chi connectivity index (χ4n) is 2.31. The van der Waals surface area contributed by atoms with Gasteiger partial charge in [0, 0.05) is 24.3 Å². The third-order valence-electron chi connectivity index (χ3n) is 3.52. The summed E-state index contributed by atoms with van der Waals surface area (Å²) in [5.41, 5.74) is 1.26. The molecule has 108 valence electrons. The maximum absolute atomic E-state index is 9.22. The van der Waals surface area contributed by atoms with Crippen LogP contribution in [-0.4, -0.2) is 24.9 Å². The second-order valence-corrected chi connectivity index (χ2v) is 6.06. The molecule has 1 aromatic rings. The Labute approximate surface area is 117 Å². The molecule has 2 unspecified atom stereocenters. The minimum absolute atomic E-state index is 0.110. The Kier molecular flexibility index (Phi) is 5.83. The second-order valence-electron chi connectivity index (χ2n) is 6.06. The van der Waals surface area contributed by atoms with Crippen LogP contribution in [0.2, 0.25) is 0 Å². The molecule has 0 fully saturated rings. The molecular weight excluding hydrogens is 238 g/mol. The molecule has 1 rings (SSSR count). The standard InChI is InChI=1S/C16H27NO2/c1-12(13-8-6-7-9-14(13)19-5)17-15(10-11-18)16(2,3)4/h6-9,12,15,17-18H,10-11H2,1-5H3. The fraction of sp³-hybridized carbons (Fsp3) is 0.625. The maximum Gasteiger partial charge on any atom is 0.123 e. The van der Waals surface area contributed by atoms with Crippen LogP contribution in [0.4, 0.5) is 0 Å². The summed E-state index contributed by atoms with van der Waals surface area (Å²) in [6.07, 6.45) is 0.753. The number of ether oxygens (including phenoxy) is 1. The molecule has 19 heavy (non-hydrogen) atoms. The van der Waals surface area contributed by atoms with E-state index in [4.69, 9.17) is 4.74 Å². The summed E-state index contributed by atoms with van der Waals surface area (Å²) in [6.45, 7) is 8.90. The first-order valence-corrected chi connectivity index (χ1v) is 6.90. The van der Waals surface area contributed by atoms with Crippen LogP contribution in [0.5, 0.6) is 5.75 Å². The molecule has 3 heteroatoms. The van der Waals surface area contributed by atoms with Gasteiger partial charge in [-0.2, -0.15) is 0 Å². The van der Waals surface area contributed by atoms with Gasteiger partial charge >= 0.3 is 0 Å². The summed E-state index contributed by atoms with van der Waals surface area (Å²) < 4.78 is 5.40. The molecule has 0 aliphatic heterocycles. The third kappa shape index (κ3) is 4.51. The summed E-state index contributed by atoms with van der Waals surface area (Å²) in [5.74, 6) is 0.902. The van der Waals surface area contributed by atoms with E-state index in [1.165, 1.54) is 0 Å². The Balaban J connectivity index is 2.84. The van der Waals surface area contributed by atoms with Gasteiger partial charge in [0.1, 0.15) is 5.75 Å². The zero-order chi connectivity index (χ0) is 14.5. The van der Waals surface area contributed by atoms with Crippen molar-refractivity contribution in [1.29, 1.82) is 0 Å². The van der Waals surface area contributed by atoms with Crippen molar-refractivity contribution < 1.29 is 9.84 Å². The third-order valence-corrected chi connectivity index (χ3v) is 3.52. The summed E-state index contributed by atoms with van der Waals surface area (Å²) in [5, 5.41) is 12.8. The van der Waals surface area contributed by atoms with Gasteiger partial charge in [-0.15, -0.1) is 0 Å². The SMILES string of the molecule is COc1ccccc1C(C)NC(CCO)C(C)(C)C. The number of methoxy groups -OCH3 is 1. The van der Waals surface area contributed by atoms with E-state index >= 15 is 0 Å². The largest absolute Gasteiger partial charge is 0.496 e. The monoisotopic (exact) mass is 265 g/mol. The van der Waals surface area contributed by atoms with Crippen molar-refractivity contribution in [2.75, 3.05) is 13.7 Å². The number of aliphatic hydroxyl groups is 1. The zero-order valence-electron chi connectivity index (χ0n) is 12.7. The maximum atomic E-state index is 9.22. The normalized spacial score (nSPS) is 15.1. The number of aliphatic hydroxyl groups excluding tert-OH is 1. The van der Waals surface area contributed by atoms with Crippen molar-refractivity contribution in [3.63, 3.8) is 0 Å². The average Bonchev–Trinajstić information content (AvgIpc) is 2.37. The van der Waals surface area contributed by atoms with E-state index in [9.17, 15) is 5.11 Å². The van der Waals surface area contributed by atoms with E-state index in [1.54, 1.807) is 7.11 Å². The van der Waals surface area contributed by atoms with Crippen LogP contribution in [0.15, 0.2) is 24.3 Å². The Morgan fingerprint density at radius 1 is 1.26 bits per heavy atom. The number of hydrogen-bond acceptors (Lipinski definition) is 3. The molecule has 0 aromatic heterocycles. The van der Waals surface area contributed by atoms with Crippen LogP contribution in [0, 0.1) is 5.41 Å². The lowest BCUT2D eigenvalue weighted by Gasteiger charge is -2.34. The number of nitrogens with one attached hydrogen (secondary N) is 1. The van der Waals surface area contributed by atoms with Gasteiger partial charge in [0.25, 0.3) is 0 Å². The van der Waals surface area contributed by atoms with Crippen molar-refractivity contribution in [2.24, 2.45) is 5.41 Å². The highest BCUT2D eigenvalue weighted by molar-refractivity contribution is 5.35. The van der Waals surface area contributed by atoms with Crippen LogP contribution in [0.25, 0.3) is 0 Å². The van der Waals surface area contributed by atoms with Crippen LogP contribution in [0.3, 0.4) is 0 Å². The van der Waals surface area contributed by atoms with Crippen LogP contribution in [-0.2, 0) is 0 Å². The Hall–Kier alpha value is -1.06. The lowest BCUT2D eigenvalue weighted by Crippen LogP contribution is -2.42. The van der Waals surface area contributed by atoms with Crippen molar-refractivity contribution in [2.45, 2.75) is 46.2 Å². The van der Waals surface area contributed by atoms with Gasteiger partial charge < -0.3 is 15.2 Å². The van der Waals surface area contributed by atoms with E-state index in [1.807, 2.05) is 18.2 Å². The topological polar surface area (TPSA) is 41.5 Å². The minimum atomic E-state index is 0.110. The summed E-state index contributed by atoms with van der Waals surface area (Å²) in [7, 11) is 1.69. The van der Waals surface area contributed by atoms with Crippen LogP contribution < -0.4 is 10.1 Å². The molecular formula is C16H27NO2. The molecule has 2 N–H and O–H groups in total. The Morgan fingerprint density at radius 2 is 1.89 bits per heavy atom. The lowest BCUT2D eigenvalue weighted by molar-refractivity contribution is 0.187. The van der Waals surface area contributed by atoms with E-state index in [0.29, 0.717) is 0 Å². The molecule has 0 aliphatic carbocycles. The number of rotatable bonds is 6. The molecule has 0 amide bonds. The second kappa shape index (κ2) is 6.92. The summed E-state index contributed by atoms with van der Waals surface area (Å²) in [4.78, 5) is 0. The summed E-state index contributed by atoms with van der Waals surface area (Å²) >= 11 is 0. The lowest BCUT2D eigenvalue weighted by atomic mass is 9.84. The Bertz CT molecular complexity index is 385. The van der Waals surface area contributed by atoms with Crippen molar-refractivity contribution in [1.82, 2.24) is 5.32 Å². The number of benzene rings is 1. The molecule has 0 heterocycles. The van der Waals surface area contributed by atoms with Crippen LogP contribution in [0.1, 0.15) is 45.7 Å². The predicted octanol–water partition coefficient (Wildman–Crippen LogP) is 3.14. The van der Waals surface area contributed by atoms with Crippen molar-refractivity contribution in [3.8, 4) is 5.75 Å². The molecule has 0 radical (unpaired) electrons. The minimum Gasteiger partial charge on any atom is -0.496 e. The van der Waals surface area contributed by atoms with Crippen molar-refractivity contribution >= 4 is 0 Å². The van der Waals surface area contributed by atoms with Gasteiger partial charge in [-0.1, -0.05) is 39.0 Å². The highest BCUT2D eigenvalue weighted by Gasteiger charge is 2.26. The van der Waals surface area contributed by atoms with Gasteiger partial charge in [-0.3, -0.25) is 0 Å². The quantitative estimate of drug-likeness (QED) is 0.830. The zero-order valence-corrected chi connectivity index (χ0v) is 12.7. The number of para-hydroxylation sites is 1. The highest BCUT2D eigenvalue weighted by Crippen LogP contribution is 2.28. The van der Waals surface area contributed by atoms with Gasteiger partial charge in [0.05, 0.1) is 7.11 Å². The van der Waals surface area contributed by atoms with Gasteiger partial charge in [0.15, 0.2) is 0 Å². The molecule has 0 saturated heterocycles. The molecule has 1 aromatic carbocycles. The Morgan fingerprint density at radius 3 is 2.42 bits per heavy atom. The van der Waals surface area contributed by atoms with Crippen molar-refractivity contribution in [3.05, 3.63) is 29.8 Å². The number of hydrogen-bond donors (Lipinski definition) is 2. The molecule has 0 aliphatic rings. The van der Waals surface area contributed by atoms with E-state index in [0.717, 1.165) is 17.7 Å². The first-order valence-electron chi connectivity index (χ1n) is 6.90. The molecule has 0 spiro atoms. The summed E-state index contributed by atoms with van der Waals surface area (Å²) in [6, 6.07) is 8.50. The van der Waals surface area contributed by atoms with E-state index in [-0.39, 0.29) is 24.1 Å². The highest BCUT2D eigenvalue weighted by atomic mass is 16.5. The first-order chi connectivity index (χ1) is 8.90. The molecule has 3 nitrogen and oxygen atoms in total. The van der Waals surface area contributed by atoms with Gasteiger partial charge in [-0.05, 0) is 24.8 Å². The molecule has 2 atom stereocenters. The van der Waals surface area contributed by atoms with Gasteiger partial charge in [-0.25, -0.2) is 0 Å². The molecule has 0 bridgehead atoms. The predicted molar refractivity (Wildman–Crippen MR) is 79.5 cm³/mol. The van der Waals surface area contributed by atoms with E-state index < -0.39 is 0 Å². The smallest absolute Gasteiger partial charge is 0.123 e. The fourth-order valence-corrected chi connectivity index (χ4v) is 2.31. The average molecular weight is 265 g/mol.